The minimum Gasteiger partial charge on any atom is -0.456 e. The van der Waals surface area contributed by atoms with Crippen LogP contribution in [0.1, 0.15) is 74.7 Å². The van der Waals surface area contributed by atoms with Gasteiger partial charge in [-0.3, -0.25) is 15.0 Å². The van der Waals surface area contributed by atoms with E-state index < -0.39 is 34.7 Å². The van der Waals surface area contributed by atoms with Crippen molar-refractivity contribution in [3.8, 4) is 0 Å². The Morgan fingerprint density at radius 3 is 2.24 bits per heavy atom. The molecule has 0 aromatic heterocycles. The van der Waals surface area contributed by atoms with E-state index >= 15 is 0 Å². The molecule has 2 aliphatic rings. The van der Waals surface area contributed by atoms with Gasteiger partial charge in [-0.05, 0) is 70.1 Å². The molecule has 9 heteroatoms. The molecule has 9 nitrogen and oxygen atoms in total. The summed E-state index contributed by atoms with van der Waals surface area (Å²) in [7, 11) is 0. The van der Waals surface area contributed by atoms with Crippen LogP contribution in [0.25, 0.3) is 0 Å². The number of nitro groups is 1. The highest BCUT2D eigenvalue weighted by Gasteiger charge is 2.42. The normalized spacial score (nSPS) is 23.6. The van der Waals surface area contributed by atoms with Crippen molar-refractivity contribution in [1.82, 2.24) is 4.90 Å². The van der Waals surface area contributed by atoms with Crippen LogP contribution >= 0.6 is 0 Å². The molecule has 1 heterocycles. The van der Waals surface area contributed by atoms with Gasteiger partial charge in [-0.15, -0.1) is 0 Å². The lowest BCUT2D eigenvalue weighted by Crippen LogP contribution is -2.46. The topological polar surface area (TPSA) is 108 Å². The Morgan fingerprint density at radius 1 is 0.974 bits per heavy atom. The summed E-state index contributed by atoms with van der Waals surface area (Å²) in [5.41, 5.74) is 0.805. The molecule has 1 saturated carbocycles. The molecule has 38 heavy (non-hydrogen) atoms. The van der Waals surface area contributed by atoms with Gasteiger partial charge >= 0.3 is 12.1 Å². The lowest BCUT2D eigenvalue weighted by molar-refractivity contribution is -0.384. The predicted octanol–water partition coefficient (Wildman–Crippen LogP) is 5.87. The number of ether oxygens (including phenoxy) is 3. The van der Waals surface area contributed by atoms with Crippen LogP contribution in [0.15, 0.2) is 54.6 Å². The summed E-state index contributed by atoms with van der Waals surface area (Å²) in [5, 5.41) is 10.9. The molecule has 0 radical (unpaired) electrons. The average Bonchev–Trinajstić information content (AvgIpc) is 3.29. The van der Waals surface area contributed by atoms with E-state index in [0.717, 1.165) is 25.7 Å². The largest absolute Gasteiger partial charge is 0.456 e. The quantitative estimate of drug-likeness (QED) is 0.253. The Bertz CT molecular complexity index is 1110. The summed E-state index contributed by atoms with van der Waals surface area (Å²) in [6.07, 6.45) is 3.40. The number of hydrogen-bond donors (Lipinski definition) is 0. The van der Waals surface area contributed by atoms with Crippen LogP contribution in [0.5, 0.6) is 0 Å². The van der Waals surface area contributed by atoms with Crippen LogP contribution < -0.4 is 0 Å². The molecule has 204 valence electrons. The Labute approximate surface area is 223 Å². The Balaban J connectivity index is 1.39. The molecule has 1 saturated heterocycles. The molecule has 0 unspecified atom stereocenters. The summed E-state index contributed by atoms with van der Waals surface area (Å²) in [4.78, 5) is 37.8. The molecule has 2 fully saturated rings. The maximum atomic E-state index is 13.0. The van der Waals surface area contributed by atoms with E-state index in [1.807, 2.05) is 26.8 Å². The molecular formula is C29H36N2O7. The molecule has 2 aromatic rings. The van der Waals surface area contributed by atoms with E-state index in [4.69, 9.17) is 14.2 Å². The second-order valence-electron chi connectivity index (χ2n) is 11.0. The number of carbonyl (C=O) groups excluding carboxylic acids is 2. The van der Waals surface area contributed by atoms with Crippen molar-refractivity contribution in [3.05, 3.63) is 75.8 Å². The molecule has 2 atom stereocenters. The van der Waals surface area contributed by atoms with E-state index in [0.29, 0.717) is 18.9 Å². The van der Waals surface area contributed by atoms with Crippen LogP contribution in [-0.2, 0) is 14.2 Å². The smallest absolute Gasteiger partial charge is 0.410 e. The lowest BCUT2D eigenvalue weighted by atomic mass is 9.83. The first-order chi connectivity index (χ1) is 18.1. The van der Waals surface area contributed by atoms with Crippen molar-refractivity contribution in [2.75, 3.05) is 13.2 Å². The third-order valence-electron chi connectivity index (χ3n) is 7.13. The number of carbonyl (C=O) groups is 2. The van der Waals surface area contributed by atoms with Gasteiger partial charge in [0.05, 0.1) is 29.2 Å². The van der Waals surface area contributed by atoms with Gasteiger partial charge in [0.1, 0.15) is 11.7 Å². The van der Waals surface area contributed by atoms with Gasteiger partial charge in [-0.2, -0.15) is 0 Å². The number of likely N-dealkylation sites (tertiary alicyclic amines) is 1. The first kappa shape index (κ1) is 27.6. The molecule has 1 amide bonds. The third kappa shape index (κ3) is 7.10. The fourth-order valence-electron chi connectivity index (χ4n) is 5.15. The number of amides is 1. The van der Waals surface area contributed by atoms with Crippen LogP contribution in [0, 0.1) is 10.1 Å². The van der Waals surface area contributed by atoms with Gasteiger partial charge in [-0.1, -0.05) is 30.3 Å². The minimum absolute atomic E-state index is 0.0714. The molecule has 0 bridgehead atoms. The molecule has 2 aromatic carbocycles. The van der Waals surface area contributed by atoms with Crippen molar-refractivity contribution in [3.63, 3.8) is 0 Å². The average molecular weight is 525 g/mol. The predicted molar refractivity (Wildman–Crippen MR) is 141 cm³/mol. The monoisotopic (exact) mass is 524 g/mol. The number of hydrogen-bond acceptors (Lipinski definition) is 7. The standard InChI is InChI=1S/C29H36N2O7/c1-29(2,3)38-28(33)30-18-17-26(37-27(32)22-9-13-23(14-10-22)31(34)35)25(30)19-36-24-15-11-21(12-16-24)20-7-5-4-6-8-20/h4-10,13-14,21,24-26H,11-12,15-19H2,1-3H3/t21?,24?,25-,26+/m1/s1. The van der Waals surface area contributed by atoms with Gasteiger partial charge in [0, 0.05) is 25.1 Å². The number of esters is 1. The summed E-state index contributed by atoms with van der Waals surface area (Å²) in [5.74, 6) is -0.0690. The number of rotatable bonds is 7. The maximum Gasteiger partial charge on any atom is 0.410 e. The highest BCUT2D eigenvalue weighted by molar-refractivity contribution is 5.89. The third-order valence-corrected chi connectivity index (χ3v) is 7.13. The zero-order chi connectivity index (χ0) is 27.3. The van der Waals surface area contributed by atoms with Crippen LogP contribution in [0.4, 0.5) is 10.5 Å². The minimum atomic E-state index is -0.661. The SMILES string of the molecule is CC(C)(C)OC(=O)N1CC[C@H](OC(=O)c2ccc([N+](=O)[O-])cc2)[C@H]1COC1CCC(c2ccccc2)CC1. The fraction of sp³-hybridized carbons (Fsp3) is 0.517. The summed E-state index contributed by atoms with van der Waals surface area (Å²) >= 11 is 0. The van der Waals surface area contributed by atoms with E-state index in [2.05, 4.69) is 24.3 Å². The highest BCUT2D eigenvalue weighted by Crippen LogP contribution is 2.34. The number of non-ortho nitro benzene ring substituents is 1. The number of nitrogens with zero attached hydrogens (tertiary/aromatic N) is 2. The Hall–Kier alpha value is -3.46. The van der Waals surface area contributed by atoms with Gasteiger partial charge in [0.15, 0.2) is 0 Å². The van der Waals surface area contributed by atoms with Crippen LogP contribution in [0.2, 0.25) is 0 Å². The molecule has 1 aliphatic carbocycles. The lowest BCUT2D eigenvalue weighted by Gasteiger charge is -2.33. The zero-order valence-corrected chi connectivity index (χ0v) is 22.2. The summed E-state index contributed by atoms with van der Waals surface area (Å²) in [6, 6.07) is 15.3. The van der Waals surface area contributed by atoms with Crippen LogP contribution in [0.3, 0.4) is 0 Å². The highest BCUT2D eigenvalue weighted by atomic mass is 16.6. The van der Waals surface area contributed by atoms with Crippen molar-refractivity contribution >= 4 is 17.7 Å². The second kappa shape index (κ2) is 11.9. The van der Waals surface area contributed by atoms with Crippen molar-refractivity contribution < 1.29 is 28.7 Å². The molecule has 0 spiro atoms. The van der Waals surface area contributed by atoms with Gasteiger partial charge in [0.25, 0.3) is 5.69 Å². The summed E-state index contributed by atoms with van der Waals surface area (Å²) in [6.45, 7) is 6.04. The first-order valence-electron chi connectivity index (χ1n) is 13.2. The summed E-state index contributed by atoms with van der Waals surface area (Å²) < 4.78 is 17.7. The molecule has 1 aliphatic heterocycles. The molecular weight excluding hydrogens is 488 g/mol. The van der Waals surface area contributed by atoms with Gasteiger partial charge in [-0.25, -0.2) is 9.59 Å². The molecule has 4 rings (SSSR count). The van der Waals surface area contributed by atoms with E-state index in [9.17, 15) is 19.7 Å². The maximum absolute atomic E-state index is 13.0. The Morgan fingerprint density at radius 2 is 1.63 bits per heavy atom. The van der Waals surface area contributed by atoms with Crippen molar-refractivity contribution in [2.24, 2.45) is 0 Å². The van der Waals surface area contributed by atoms with Gasteiger partial charge < -0.3 is 14.2 Å². The van der Waals surface area contributed by atoms with E-state index in [-0.39, 0.29) is 24.0 Å². The Kier molecular flexibility index (Phi) is 8.66. The van der Waals surface area contributed by atoms with E-state index in [1.54, 1.807) is 4.90 Å². The van der Waals surface area contributed by atoms with Gasteiger partial charge in [0.2, 0.25) is 0 Å². The number of nitro benzene ring substituents is 1. The van der Waals surface area contributed by atoms with Crippen molar-refractivity contribution in [1.29, 1.82) is 0 Å². The second-order valence-corrected chi connectivity index (χ2v) is 11.0. The van der Waals surface area contributed by atoms with Crippen molar-refractivity contribution in [2.45, 2.75) is 82.6 Å². The molecule has 0 N–H and O–H groups in total. The first-order valence-corrected chi connectivity index (χ1v) is 13.2. The van der Waals surface area contributed by atoms with E-state index in [1.165, 1.54) is 29.8 Å². The fourth-order valence-corrected chi connectivity index (χ4v) is 5.15. The number of benzene rings is 2. The van der Waals surface area contributed by atoms with Crippen LogP contribution in [-0.4, -0.2) is 58.9 Å². The zero-order valence-electron chi connectivity index (χ0n) is 22.2.